The summed E-state index contributed by atoms with van der Waals surface area (Å²) in [6.45, 7) is 9.31. The fraction of sp³-hybridized carbons (Fsp3) is 0.885. The summed E-state index contributed by atoms with van der Waals surface area (Å²) in [7, 11) is -3.79. The van der Waals surface area contributed by atoms with Gasteiger partial charge in [0.15, 0.2) is 25.0 Å². The Morgan fingerprint density at radius 3 is 1.66 bits per heavy atom. The zero-order chi connectivity index (χ0) is 80.1. The van der Waals surface area contributed by atoms with Gasteiger partial charge in [-0.1, -0.05) is 161 Å². The molecule has 3 heterocycles. The second-order valence-corrected chi connectivity index (χ2v) is 32.0. The van der Waals surface area contributed by atoms with E-state index in [2.05, 4.69) is 54.9 Å². The van der Waals surface area contributed by atoms with Crippen LogP contribution in [0.4, 0.5) is 0 Å². The van der Waals surface area contributed by atoms with E-state index in [4.69, 9.17) is 51.7 Å². The number of ether oxygens (including phenoxy) is 9. The van der Waals surface area contributed by atoms with Crippen LogP contribution >= 0.6 is 7.60 Å². The maximum Gasteiger partial charge on any atom is 0.327 e. The van der Waals surface area contributed by atoms with Crippen LogP contribution in [0.1, 0.15) is 247 Å². The summed E-state index contributed by atoms with van der Waals surface area (Å²) in [6.07, 6.45) is 6.19. The predicted molar refractivity (Wildman–Crippen MR) is 404 cm³/mol. The molecule has 30 nitrogen and oxygen atoms in total. The topological polar surface area (TPSA) is 442 Å². The van der Waals surface area contributed by atoms with Crippen molar-refractivity contribution in [3.63, 3.8) is 0 Å². The van der Waals surface area contributed by atoms with Crippen LogP contribution in [0.15, 0.2) is 24.3 Å². The molecule has 31 heteroatoms. The molecule has 109 heavy (non-hydrogen) atoms. The number of esters is 2. The van der Waals surface area contributed by atoms with Gasteiger partial charge in [-0.15, -0.1) is 0 Å². The quantitative estimate of drug-likeness (QED) is 0.0133. The smallest absolute Gasteiger partial charge is 0.327 e. The Hall–Kier alpha value is -3.70. The highest BCUT2D eigenvalue weighted by Crippen LogP contribution is 2.44. The van der Waals surface area contributed by atoms with E-state index in [9.17, 15) is 79.6 Å². The maximum atomic E-state index is 13.7. The molecule has 10 unspecified atom stereocenters. The fourth-order valence-electron chi connectivity index (χ4n) is 13.7. The third-order valence-corrected chi connectivity index (χ3v) is 21.6. The van der Waals surface area contributed by atoms with Crippen LogP contribution in [-0.2, 0) is 80.2 Å². The minimum atomic E-state index is -3.79. The van der Waals surface area contributed by atoms with Crippen molar-refractivity contribution in [1.82, 2.24) is 16.0 Å². The number of aliphatic hydroxyl groups is 10. The first kappa shape index (κ1) is 97.7. The fourth-order valence-corrected chi connectivity index (χ4v) is 14.6. The lowest BCUT2D eigenvalue weighted by molar-refractivity contribution is -0.384. The molecule has 0 aromatic heterocycles. The van der Waals surface area contributed by atoms with E-state index < -0.39 is 173 Å². The van der Waals surface area contributed by atoms with Gasteiger partial charge >= 0.3 is 19.5 Å². The molecule has 23 atom stereocenters. The lowest BCUT2D eigenvalue weighted by atomic mass is 9.81. The second kappa shape index (κ2) is 55.7. The number of hydrogen-bond donors (Lipinski definition) is 13. The highest BCUT2D eigenvalue weighted by molar-refractivity contribution is 7.52. The van der Waals surface area contributed by atoms with E-state index in [0.717, 1.165) is 90.4 Å². The SMILES string of the molecule is CCCCCCCCC=CCCCCCCCC(=O)O[C@H](COC(=O)C(C=CCCCCCCCC)CCCCCC)COP(C)(=O)OCCNC(=O)CCCCC(=O)NCCCO[C@@H]1OC(CO)[C@H](O[C@@H]2CC(C)[C@H](O)C(O)[C@@H]2O)[C@H](O[C@@H]2OC(CO)[C@H](O)[C@H](O)C2O[C@@H]2OC(C)[C@H](O)[C@@H](O)C2O)C1NC(C)=O. The molecular formula is C78H140N3O27P. The van der Waals surface area contributed by atoms with Gasteiger partial charge in [0.1, 0.15) is 85.9 Å². The Morgan fingerprint density at radius 1 is 0.514 bits per heavy atom. The van der Waals surface area contributed by atoms with Gasteiger partial charge in [-0.25, -0.2) is 0 Å². The molecule has 3 aliphatic heterocycles. The van der Waals surface area contributed by atoms with Crippen LogP contribution in [-0.4, -0.2) is 263 Å². The molecule has 0 radical (unpaired) electrons. The summed E-state index contributed by atoms with van der Waals surface area (Å²) >= 11 is 0. The van der Waals surface area contributed by atoms with Crippen LogP contribution in [0, 0.1) is 11.8 Å². The van der Waals surface area contributed by atoms with Crippen molar-refractivity contribution in [3.8, 4) is 0 Å². The van der Waals surface area contributed by atoms with Crippen LogP contribution in [0.5, 0.6) is 0 Å². The van der Waals surface area contributed by atoms with Crippen molar-refractivity contribution in [2.45, 2.75) is 370 Å². The Balaban J connectivity index is 1.28. The van der Waals surface area contributed by atoms with Crippen molar-refractivity contribution < 1.29 is 131 Å². The normalized spacial score (nSPS) is 29.9. The monoisotopic (exact) mass is 1580 g/mol. The summed E-state index contributed by atoms with van der Waals surface area (Å²) in [6, 6.07) is -1.43. The molecule has 1 aliphatic carbocycles. The highest BCUT2D eigenvalue weighted by atomic mass is 31.2. The molecule has 0 bridgehead atoms. The van der Waals surface area contributed by atoms with Gasteiger partial charge in [-0.3, -0.25) is 28.5 Å². The van der Waals surface area contributed by atoms with Crippen molar-refractivity contribution >= 4 is 37.3 Å². The molecule has 634 valence electrons. The first-order valence-corrected chi connectivity index (χ1v) is 42.9. The van der Waals surface area contributed by atoms with E-state index in [1.165, 1.54) is 77.8 Å². The summed E-state index contributed by atoms with van der Waals surface area (Å²) in [4.78, 5) is 65.9. The van der Waals surface area contributed by atoms with E-state index in [1.54, 1.807) is 6.92 Å². The number of nitrogens with one attached hydrogen (secondary N) is 3. The van der Waals surface area contributed by atoms with Crippen molar-refractivity contribution in [2.24, 2.45) is 11.8 Å². The highest BCUT2D eigenvalue weighted by Gasteiger charge is 2.56. The standard InChI is InChI=1S/C78H140N3O27P/c1-8-11-14-17-19-21-22-23-24-25-26-27-29-31-34-42-62(87)103-56(50-99-75(96)55(38-32-16-13-10-3)39-33-30-28-20-18-15-12-9-2)51-101-109(7,97)100-46-44-80-61(86)41-36-35-40-60(85)79-43-37-45-98-76-63(81-54(6)84)73(72(59(49-83)106-76)104-57-47-52(4)64(88)68(92)66(57)90)107-78-74(70(94)67(91)58(48-82)105-78)108-77-71(95)69(93)65(89)53(5)102-77/h23-24,33,39,52-53,55-59,63-74,76-78,82-83,88-95H,8-22,25-32,34-38,40-51H2,1-7H3,(H,79,85)(H,80,86)(H,81,84)/t52?,53?,55?,56-,57-,58?,59?,63?,64+,65+,66-,67+,68?,69-,70+,71?,72+,73-,74?,76-,77+,78+,109?/m1/s1. The van der Waals surface area contributed by atoms with Gasteiger partial charge in [0.2, 0.25) is 17.7 Å². The molecule has 3 saturated heterocycles. The third-order valence-electron chi connectivity index (χ3n) is 20.4. The van der Waals surface area contributed by atoms with Crippen LogP contribution in [0.2, 0.25) is 0 Å². The second-order valence-electron chi connectivity index (χ2n) is 29.9. The maximum absolute atomic E-state index is 13.7. The lowest BCUT2D eigenvalue weighted by Crippen LogP contribution is -2.70. The average molecular weight is 1580 g/mol. The molecule has 4 rings (SSSR count). The van der Waals surface area contributed by atoms with E-state index >= 15 is 0 Å². The first-order chi connectivity index (χ1) is 52.3. The minimum absolute atomic E-state index is 0.0209. The molecule has 3 amide bonds. The predicted octanol–water partition coefficient (Wildman–Crippen LogP) is 6.56. The molecule has 4 fully saturated rings. The average Bonchev–Trinajstić information content (AvgIpc) is 0.765. The minimum Gasteiger partial charge on any atom is -0.461 e. The summed E-state index contributed by atoms with van der Waals surface area (Å²) in [5, 5.41) is 116. The van der Waals surface area contributed by atoms with E-state index in [1.807, 2.05) is 6.08 Å². The number of carbonyl (C=O) groups is 5. The zero-order valence-electron chi connectivity index (χ0n) is 66.2. The van der Waals surface area contributed by atoms with Gasteiger partial charge in [0.25, 0.3) is 0 Å². The number of aliphatic hydroxyl groups excluding tert-OH is 10. The zero-order valence-corrected chi connectivity index (χ0v) is 67.0. The third kappa shape index (κ3) is 37.2. The van der Waals surface area contributed by atoms with Gasteiger partial charge < -0.3 is 119 Å². The van der Waals surface area contributed by atoms with Gasteiger partial charge in [-0.05, 0) is 89.9 Å². The first-order valence-electron chi connectivity index (χ1n) is 40.9. The number of allylic oxidation sites excluding steroid dienone is 3. The van der Waals surface area contributed by atoms with Crippen molar-refractivity contribution in [3.05, 3.63) is 24.3 Å². The van der Waals surface area contributed by atoms with Gasteiger partial charge in [-0.2, -0.15) is 0 Å². The summed E-state index contributed by atoms with van der Waals surface area (Å²) < 4.78 is 79.4. The molecule has 4 aliphatic rings. The molecule has 13 N–H and O–H groups in total. The van der Waals surface area contributed by atoms with Crippen LogP contribution in [0.25, 0.3) is 0 Å². The Kier molecular flexibility index (Phi) is 49.9. The number of amides is 3. The summed E-state index contributed by atoms with van der Waals surface area (Å²) in [5.41, 5.74) is 0. The number of hydrogen-bond acceptors (Lipinski definition) is 27. The van der Waals surface area contributed by atoms with Crippen molar-refractivity contribution in [2.75, 3.05) is 59.4 Å². The van der Waals surface area contributed by atoms with E-state index in [0.29, 0.717) is 25.7 Å². The molecule has 0 spiro atoms. The van der Waals surface area contributed by atoms with Gasteiger partial charge in [0, 0.05) is 45.9 Å². The lowest BCUT2D eigenvalue weighted by Gasteiger charge is -2.51. The van der Waals surface area contributed by atoms with E-state index in [-0.39, 0.29) is 83.4 Å². The Bertz CT molecular complexity index is 2600. The van der Waals surface area contributed by atoms with Crippen molar-refractivity contribution in [1.29, 1.82) is 0 Å². The Morgan fingerprint density at radius 2 is 1.06 bits per heavy atom. The largest absolute Gasteiger partial charge is 0.461 e. The number of carbonyl (C=O) groups excluding carboxylic acids is 5. The number of unbranched alkanes of at least 4 members (excludes halogenated alkanes) is 21. The Labute approximate surface area is 647 Å². The number of rotatable bonds is 58. The van der Waals surface area contributed by atoms with Crippen LogP contribution < -0.4 is 16.0 Å². The van der Waals surface area contributed by atoms with Gasteiger partial charge in [0.05, 0.1) is 57.3 Å². The molecular weight excluding hydrogens is 1440 g/mol. The summed E-state index contributed by atoms with van der Waals surface area (Å²) in [5.74, 6) is -3.37. The molecule has 0 aromatic carbocycles. The molecule has 0 aromatic rings. The van der Waals surface area contributed by atoms with Crippen LogP contribution in [0.3, 0.4) is 0 Å². The molecule has 1 saturated carbocycles.